The molecule has 0 aliphatic heterocycles. The zero-order valence-corrected chi connectivity index (χ0v) is 16.1. The largest absolute Gasteiger partial charge is 0.484 e. The highest BCUT2D eigenvalue weighted by Crippen LogP contribution is 2.41. The predicted octanol–water partition coefficient (Wildman–Crippen LogP) is 5.27. The van der Waals surface area contributed by atoms with Gasteiger partial charge in [-0.25, -0.2) is 17.9 Å². The molecule has 0 radical (unpaired) electrons. The second-order valence-electron chi connectivity index (χ2n) is 7.01. The molecular formula is C22H14F6N2O2. The van der Waals surface area contributed by atoms with Gasteiger partial charge in [-0.05, 0) is 29.8 Å². The molecule has 0 aliphatic carbocycles. The Balaban J connectivity index is 1.72. The van der Waals surface area contributed by atoms with Crippen molar-refractivity contribution in [2.45, 2.75) is 11.8 Å². The van der Waals surface area contributed by atoms with Crippen molar-refractivity contribution >= 4 is 10.9 Å². The van der Waals surface area contributed by atoms with E-state index in [9.17, 15) is 31.4 Å². The summed E-state index contributed by atoms with van der Waals surface area (Å²) in [4.78, 5) is 0. The first kappa shape index (κ1) is 21.7. The number of alkyl halides is 3. The van der Waals surface area contributed by atoms with Gasteiger partial charge in [-0.1, -0.05) is 24.3 Å². The van der Waals surface area contributed by atoms with Crippen molar-refractivity contribution in [2.75, 3.05) is 6.61 Å². The number of hydrogen-bond acceptors (Lipinski definition) is 3. The minimum Gasteiger partial charge on any atom is -0.484 e. The van der Waals surface area contributed by atoms with Crippen LogP contribution < -0.4 is 4.74 Å². The Hall–Kier alpha value is -3.53. The normalized spacial score (nSPS) is 13.8. The van der Waals surface area contributed by atoms with Crippen LogP contribution in [0, 0.1) is 17.5 Å². The van der Waals surface area contributed by atoms with E-state index in [1.165, 1.54) is 16.9 Å². The van der Waals surface area contributed by atoms with E-state index in [0.717, 1.165) is 12.1 Å². The monoisotopic (exact) mass is 452 g/mol. The molecule has 0 amide bonds. The van der Waals surface area contributed by atoms with Crippen molar-refractivity contribution in [1.82, 2.24) is 9.78 Å². The Morgan fingerprint density at radius 3 is 2.19 bits per heavy atom. The fourth-order valence-corrected chi connectivity index (χ4v) is 3.24. The third kappa shape index (κ3) is 3.77. The van der Waals surface area contributed by atoms with Gasteiger partial charge in [0.15, 0.2) is 17.4 Å². The Kier molecular flexibility index (Phi) is 5.33. The van der Waals surface area contributed by atoms with Crippen LogP contribution in [0.1, 0.15) is 5.56 Å². The molecule has 0 saturated carbocycles. The standard InChI is InChI=1S/C22H14F6N2O2/c23-15-9-17(24)20(18(25)10-15)32-12-21(31,22(26,27)28)14-6-7-19-13(8-14)11-29-30(19)16-4-2-1-3-5-16/h1-11,31H,12H2. The molecule has 0 saturated heterocycles. The SMILES string of the molecule is OC(COc1c(F)cc(F)cc1F)(c1ccc2c(cnn2-c2ccccc2)c1)C(F)(F)F. The molecule has 1 unspecified atom stereocenters. The lowest BCUT2D eigenvalue weighted by Gasteiger charge is -2.31. The van der Waals surface area contributed by atoms with Crippen molar-refractivity contribution in [3.63, 3.8) is 0 Å². The van der Waals surface area contributed by atoms with Crippen molar-refractivity contribution < 1.29 is 36.2 Å². The molecule has 3 aromatic carbocycles. The maximum atomic E-state index is 13.8. The van der Waals surface area contributed by atoms with Crippen LogP contribution in [0.4, 0.5) is 26.3 Å². The molecule has 4 aromatic rings. The van der Waals surface area contributed by atoms with E-state index in [1.54, 1.807) is 30.3 Å². The maximum Gasteiger partial charge on any atom is 0.424 e. The predicted molar refractivity (Wildman–Crippen MR) is 103 cm³/mol. The molecular weight excluding hydrogens is 438 g/mol. The number of ether oxygens (including phenoxy) is 1. The second-order valence-corrected chi connectivity index (χ2v) is 7.01. The van der Waals surface area contributed by atoms with Gasteiger partial charge in [0.2, 0.25) is 5.60 Å². The van der Waals surface area contributed by atoms with Gasteiger partial charge in [-0.2, -0.15) is 18.3 Å². The molecule has 166 valence electrons. The highest BCUT2D eigenvalue weighted by molar-refractivity contribution is 5.81. The third-order valence-electron chi connectivity index (χ3n) is 4.90. The van der Waals surface area contributed by atoms with Crippen LogP contribution in [-0.4, -0.2) is 27.7 Å². The van der Waals surface area contributed by atoms with Crippen LogP contribution in [0.25, 0.3) is 16.6 Å². The van der Waals surface area contributed by atoms with Crippen molar-refractivity contribution in [3.8, 4) is 11.4 Å². The summed E-state index contributed by atoms with van der Waals surface area (Å²) in [7, 11) is 0. The first-order chi connectivity index (χ1) is 15.1. The summed E-state index contributed by atoms with van der Waals surface area (Å²) in [5.41, 5.74) is -3.08. The Bertz CT molecular complexity index is 1250. The van der Waals surface area contributed by atoms with Gasteiger partial charge in [-0.15, -0.1) is 0 Å². The molecule has 0 spiro atoms. The van der Waals surface area contributed by atoms with E-state index in [4.69, 9.17) is 0 Å². The summed E-state index contributed by atoms with van der Waals surface area (Å²) in [6.45, 7) is -1.56. The summed E-state index contributed by atoms with van der Waals surface area (Å²) >= 11 is 0. The summed E-state index contributed by atoms with van der Waals surface area (Å²) < 4.78 is 88.2. The third-order valence-corrected chi connectivity index (χ3v) is 4.90. The average molecular weight is 452 g/mol. The number of aromatic nitrogens is 2. The van der Waals surface area contributed by atoms with Gasteiger partial charge < -0.3 is 9.84 Å². The van der Waals surface area contributed by atoms with Gasteiger partial charge in [-0.3, -0.25) is 0 Å². The lowest BCUT2D eigenvalue weighted by Crippen LogP contribution is -2.47. The quantitative estimate of drug-likeness (QED) is 0.420. The molecule has 1 heterocycles. The molecule has 0 aliphatic rings. The molecule has 4 nitrogen and oxygen atoms in total. The lowest BCUT2D eigenvalue weighted by atomic mass is 9.93. The zero-order chi connectivity index (χ0) is 23.1. The van der Waals surface area contributed by atoms with Crippen LogP contribution in [0.5, 0.6) is 5.75 Å². The molecule has 1 aromatic heterocycles. The molecule has 0 bridgehead atoms. The summed E-state index contributed by atoms with van der Waals surface area (Å²) in [6, 6.07) is 12.8. The molecule has 1 N–H and O–H groups in total. The first-order valence-corrected chi connectivity index (χ1v) is 9.20. The number of para-hydroxylation sites is 1. The van der Waals surface area contributed by atoms with E-state index in [-0.39, 0.29) is 17.5 Å². The summed E-state index contributed by atoms with van der Waals surface area (Å²) in [6.07, 6.45) is -3.94. The average Bonchev–Trinajstić information content (AvgIpc) is 3.16. The Morgan fingerprint density at radius 2 is 1.56 bits per heavy atom. The first-order valence-electron chi connectivity index (χ1n) is 9.20. The second kappa shape index (κ2) is 7.86. The van der Waals surface area contributed by atoms with Gasteiger partial charge in [0.25, 0.3) is 0 Å². The van der Waals surface area contributed by atoms with E-state index in [0.29, 0.717) is 11.2 Å². The zero-order valence-electron chi connectivity index (χ0n) is 16.1. The fourth-order valence-electron chi connectivity index (χ4n) is 3.24. The number of halogens is 6. The Morgan fingerprint density at radius 1 is 0.906 bits per heavy atom. The highest BCUT2D eigenvalue weighted by atomic mass is 19.4. The molecule has 1 atom stereocenters. The molecule has 10 heteroatoms. The van der Waals surface area contributed by atoms with Gasteiger partial charge in [0, 0.05) is 17.5 Å². The summed E-state index contributed by atoms with van der Waals surface area (Å²) in [5, 5.41) is 15.0. The van der Waals surface area contributed by atoms with Crippen molar-refractivity contribution in [1.29, 1.82) is 0 Å². The number of benzene rings is 3. The maximum absolute atomic E-state index is 13.8. The van der Waals surface area contributed by atoms with E-state index < -0.39 is 47.1 Å². The van der Waals surface area contributed by atoms with Gasteiger partial charge in [0.05, 0.1) is 17.4 Å². The van der Waals surface area contributed by atoms with Crippen molar-refractivity contribution in [2.24, 2.45) is 0 Å². The van der Waals surface area contributed by atoms with Crippen LogP contribution in [0.3, 0.4) is 0 Å². The number of rotatable bonds is 5. The van der Waals surface area contributed by atoms with Gasteiger partial charge in [0.1, 0.15) is 12.4 Å². The summed E-state index contributed by atoms with van der Waals surface area (Å²) in [5.74, 6) is -5.57. The topological polar surface area (TPSA) is 47.3 Å². The van der Waals surface area contributed by atoms with Crippen LogP contribution in [-0.2, 0) is 5.60 Å². The van der Waals surface area contributed by atoms with E-state index in [1.807, 2.05) is 0 Å². The van der Waals surface area contributed by atoms with E-state index >= 15 is 0 Å². The van der Waals surface area contributed by atoms with Crippen LogP contribution >= 0.6 is 0 Å². The molecule has 4 rings (SSSR count). The highest BCUT2D eigenvalue weighted by Gasteiger charge is 2.56. The van der Waals surface area contributed by atoms with Crippen LogP contribution in [0.2, 0.25) is 0 Å². The lowest BCUT2D eigenvalue weighted by molar-refractivity contribution is -0.275. The fraction of sp³-hybridized carbons (Fsp3) is 0.136. The number of fused-ring (bicyclic) bond motifs is 1. The van der Waals surface area contributed by atoms with Gasteiger partial charge >= 0.3 is 6.18 Å². The molecule has 0 fully saturated rings. The number of nitrogens with zero attached hydrogens (tertiary/aromatic N) is 2. The minimum absolute atomic E-state index is 0.259. The van der Waals surface area contributed by atoms with E-state index in [2.05, 4.69) is 9.84 Å². The number of aliphatic hydroxyl groups is 1. The molecule has 32 heavy (non-hydrogen) atoms. The number of hydrogen-bond donors (Lipinski definition) is 1. The van der Waals surface area contributed by atoms with Crippen LogP contribution in [0.15, 0.2) is 66.9 Å². The minimum atomic E-state index is -5.26. The Labute approximate surface area is 177 Å². The van der Waals surface area contributed by atoms with Crippen molar-refractivity contribution in [3.05, 3.63) is 89.9 Å². The smallest absolute Gasteiger partial charge is 0.424 e.